The summed E-state index contributed by atoms with van der Waals surface area (Å²) in [4.78, 5) is 18.8. The lowest BCUT2D eigenvalue weighted by Crippen LogP contribution is -2.47. The van der Waals surface area contributed by atoms with Gasteiger partial charge in [-0.3, -0.25) is 4.79 Å². The van der Waals surface area contributed by atoms with Crippen LogP contribution in [0.15, 0.2) is 90.4 Å². The number of carbonyl (C=O) groups is 1. The van der Waals surface area contributed by atoms with Crippen molar-refractivity contribution in [2.75, 3.05) is 20.3 Å². The molecule has 4 rings (SSSR count). The second-order valence-electron chi connectivity index (χ2n) is 8.87. The van der Waals surface area contributed by atoms with E-state index < -0.39 is 11.6 Å². The molecule has 0 radical (unpaired) electrons. The first kappa shape index (κ1) is 27.2. The van der Waals surface area contributed by atoms with Crippen molar-refractivity contribution in [2.24, 2.45) is 4.99 Å². The molecule has 1 aliphatic heterocycles. The van der Waals surface area contributed by atoms with E-state index in [0.29, 0.717) is 41.0 Å². The number of hydrogen-bond acceptors (Lipinski definition) is 6. The number of rotatable bonds is 12. The topological polar surface area (TPSA) is 89.4 Å². The van der Waals surface area contributed by atoms with E-state index in [2.05, 4.69) is 11.9 Å². The average Bonchev–Trinajstić information content (AvgIpc) is 3.33. The lowest BCUT2D eigenvalue weighted by molar-refractivity contribution is -0.129. The number of nitrogens with one attached hydrogen (secondary N) is 1. The molecule has 0 unspecified atom stereocenters. The molecule has 0 bridgehead atoms. The summed E-state index contributed by atoms with van der Waals surface area (Å²) in [6.07, 6.45) is 1.77. The maximum atomic E-state index is 13.9. The van der Waals surface area contributed by atoms with E-state index in [-0.39, 0.29) is 25.5 Å². The molecule has 0 aromatic heterocycles. The van der Waals surface area contributed by atoms with E-state index in [4.69, 9.17) is 35.9 Å². The van der Waals surface area contributed by atoms with Crippen LogP contribution in [0.1, 0.15) is 35.6 Å². The Morgan fingerprint density at radius 3 is 2.66 bits per heavy atom. The van der Waals surface area contributed by atoms with Crippen molar-refractivity contribution in [3.8, 4) is 11.5 Å². The number of aliphatic hydroxyl groups excluding tert-OH is 1. The van der Waals surface area contributed by atoms with Gasteiger partial charge in [0.25, 0.3) is 5.91 Å². The molecule has 0 spiro atoms. The maximum Gasteiger partial charge on any atom is 0.252 e. The van der Waals surface area contributed by atoms with Crippen LogP contribution < -0.4 is 14.8 Å². The molecule has 0 aliphatic carbocycles. The van der Waals surface area contributed by atoms with Crippen molar-refractivity contribution in [1.82, 2.24) is 5.32 Å². The third kappa shape index (κ3) is 6.18. The van der Waals surface area contributed by atoms with Gasteiger partial charge in [-0.2, -0.15) is 0 Å². The van der Waals surface area contributed by atoms with Gasteiger partial charge >= 0.3 is 0 Å². The number of carbonyl (C=O) groups excluding carboxylic acids is 1. The van der Waals surface area contributed by atoms with Gasteiger partial charge in [-0.05, 0) is 59.7 Å². The van der Waals surface area contributed by atoms with E-state index in [1.54, 1.807) is 19.3 Å². The third-order valence-corrected chi connectivity index (χ3v) is 6.46. The number of methoxy groups -OCH3 is 1. The number of nitrogens with zero attached hydrogens (tertiary/aromatic N) is 1. The van der Waals surface area contributed by atoms with E-state index in [1.807, 2.05) is 66.7 Å². The Morgan fingerprint density at radius 1 is 1.16 bits per heavy atom. The molecule has 1 heterocycles. The van der Waals surface area contributed by atoms with Gasteiger partial charge in [0.2, 0.25) is 5.90 Å². The highest BCUT2D eigenvalue weighted by molar-refractivity contribution is 6.30. The fourth-order valence-electron chi connectivity index (χ4n) is 4.32. The summed E-state index contributed by atoms with van der Waals surface area (Å²) in [6.45, 7) is 4.68. The number of benzene rings is 3. The molecular weight excluding hydrogens is 504 g/mol. The molecular formula is C30H31ClN2O5. The van der Waals surface area contributed by atoms with Crippen LogP contribution in [0.4, 0.5) is 0 Å². The Bertz CT molecular complexity index is 1290. The van der Waals surface area contributed by atoms with Gasteiger partial charge in [0.15, 0.2) is 11.6 Å². The molecule has 38 heavy (non-hydrogen) atoms. The number of aliphatic hydroxyl groups is 1. The van der Waals surface area contributed by atoms with E-state index in [9.17, 15) is 4.79 Å². The first-order valence-corrected chi connectivity index (χ1v) is 12.7. The monoisotopic (exact) mass is 534 g/mol. The van der Waals surface area contributed by atoms with Crippen molar-refractivity contribution in [2.45, 2.75) is 31.0 Å². The number of ether oxygens (including phenoxy) is 3. The van der Waals surface area contributed by atoms with Crippen LogP contribution in [-0.2, 0) is 16.1 Å². The molecule has 198 valence electrons. The second kappa shape index (κ2) is 12.6. The van der Waals surface area contributed by atoms with Crippen LogP contribution in [-0.4, -0.2) is 42.8 Å². The summed E-state index contributed by atoms with van der Waals surface area (Å²) in [5.74, 6) is 1.38. The van der Waals surface area contributed by atoms with Crippen LogP contribution in [0.25, 0.3) is 0 Å². The van der Waals surface area contributed by atoms with Crippen molar-refractivity contribution in [3.63, 3.8) is 0 Å². The van der Waals surface area contributed by atoms with Crippen LogP contribution >= 0.6 is 11.6 Å². The van der Waals surface area contributed by atoms with E-state index in [1.165, 1.54) is 0 Å². The van der Waals surface area contributed by atoms with Gasteiger partial charge in [-0.25, -0.2) is 4.99 Å². The zero-order valence-electron chi connectivity index (χ0n) is 21.2. The second-order valence-corrected chi connectivity index (χ2v) is 9.31. The molecule has 1 aliphatic rings. The lowest BCUT2D eigenvalue weighted by Gasteiger charge is -2.30. The minimum absolute atomic E-state index is 0.0686. The van der Waals surface area contributed by atoms with Crippen molar-refractivity contribution < 1.29 is 24.1 Å². The minimum atomic E-state index is -1.29. The SMILES string of the molecule is C=CC[C@@]1(C(=O)NCc2cccc(Cl)c2)N=C(c2ccc(OCCCO)cc2)O[C@@H]1c1cccc(OC)c1. The van der Waals surface area contributed by atoms with Crippen LogP contribution in [0.3, 0.4) is 0 Å². The van der Waals surface area contributed by atoms with E-state index >= 15 is 0 Å². The molecule has 0 saturated heterocycles. The Morgan fingerprint density at radius 2 is 1.95 bits per heavy atom. The fraction of sp³-hybridized carbons (Fsp3) is 0.267. The van der Waals surface area contributed by atoms with Gasteiger partial charge in [0, 0.05) is 36.6 Å². The minimum Gasteiger partial charge on any atom is -0.497 e. The third-order valence-electron chi connectivity index (χ3n) is 6.22. The Hall–Kier alpha value is -3.81. The predicted octanol–water partition coefficient (Wildman–Crippen LogP) is 5.26. The molecule has 8 heteroatoms. The normalized spacial score (nSPS) is 18.3. The maximum absolute atomic E-state index is 13.9. The highest BCUT2D eigenvalue weighted by Crippen LogP contribution is 2.43. The number of hydrogen-bond donors (Lipinski definition) is 2. The first-order valence-electron chi connectivity index (χ1n) is 12.4. The van der Waals surface area contributed by atoms with Gasteiger partial charge in [-0.15, -0.1) is 6.58 Å². The highest BCUT2D eigenvalue weighted by atomic mass is 35.5. The molecule has 1 amide bonds. The fourth-order valence-corrected chi connectivity index (χ4v) is 4.54. The number of halogens is 1. The summed E-state index contributed by atoms with van der Waals surface area (Å²) < 4.78 is 17.5. The lowest BCUT2D eigenvalue weighted by atomic mass is 9.84. The predicted molar refractivity (Wildman–Crippen MR) is 148 cm³/mol. The zero-order chi connectivity index (χ0) is 27.0. The zero-order valence-corrected chi connectivity index (χ0v) is 22.0. The molecule has 7 nitrogen and oxygen atoms in total. The van der Waals surface area contributed by atoms with Crippen molar-refractivity contribution in [1.29, 1.82) is 0 Å². The number of aliphatic imine (C=N–C) groups is 1. The van der Waals surface area contributed by atoms with Gasteiger partial charge in [-0.1, -0.05) is 41.9 Å². The summed E-state index contributed by atoms with van der Waals surface area (Å²) in [6, 6.07) is 22.1. The Balaban J connectivity index is 1.68. The molecule has 3 aromatic carbocycles. The van der Waals surface area contributed by atoms with Gasteiger partial charge in [0.05, 0.1) is 13.7 Å². The molecule has 3 aromatic rings. The number of amides is 1. The molecule has 0 fully saturated rings. The van der Waals surface area contributed by atoms with Crippen molar-refractivity contribution >= 4 is 23.4 Å². The van der Waals surface area contributed by atoms with Gasteiger partial charge in [0.1, 0.15) is 11.5 Å². The van der Waals surface area contributed by atoms with Crippen LogP contribution in [0.5, 0.6) is 11.5 Å². The quantitative estimate of drug-likeness (QED) is 0.244. The van der Waals surface area contributed by atoms with Gasteiger partial charge < -0.3 is 24.6 Å². The summed E-state index contributed by atoms with van der Waals surface area (Å²) in [5, 5.41) is 12.6. The molecule has 0 saturated carbocycles. The van der Waals surface area contributed by atoms with E-state index in [0.717, 1.165) is 11.1 Å². The molecule has 2 atom stereocenters. The highest BCUT2D eigenvalue weighted by Gasteiger charge is 2.52. The average molecular weight is 535 g/mol. The summed E-state index contributed by atoms with van der Waals surface area (Å²) in [7, 11) is 1.59. The van der Waals surface area contributed by atoms with Crippen molar-refractivity contribution in [3.05, 3.63) is 107 Å². The summed E-state index contributed by atoms with van der Waals surface area (Å²) >= 11 is 6.13. The van der Waals surface area contributed by atoms with Crippen LogP contribution in [0.2, 0.25) is 5.02 Å². The molecule has 2 N–H and O–H groups in total. The van der Waals surface area contributed by atoms with Crippen LogP contribution in [0, 0.1) is 0 Å². The smallest absolute Gasteiger partial charge is 0.252 e. The Kier molecular flexibility index (Phi) is 9.05. The Labute approximate surface area is 227 Å². The summed E-state index contributed by atoms with van der Waals surface area (Å²) in [5.41, 5.74) is 1.04. The largest absolute Gasteiger partial charge is 0.497 e. The standard InChI is InChI=1S/C30H31ClN2O5/c1-3-15-30(29(35)32-20-21-7-4-9-24(31)18-21)27(23-8-5-10-26(19-23)36-2)38-28(33-30)22-11-13-25(14-12-22)37-17-6-16-34/h3-5,7-14,18-19,27,34H,1,6,15-17,20H2,2H3,(H,32,35)/t27-,30-/m1/s1. The first-order chi connectivity index (χ1) is 18.5.